The molecule has 2 aromatic rings. The maximum Gasteiger partial charge on any atom is 0.348 e. The number of anilines is 1. The SMILES string of the molecule is CCN(CC)S(=O)(=O)c1ccc(Cl)c(NC(=O)COC(=O)c2cc3c(s2)CCCC3)c1. The highest BCUT2D eigenvalue weighted by Gasteiger charge is 2.23. The summed E-state index contributed by atoms with van der Waals surface area (Å²) in [5, 5.41) is 2.71. The maximum atomic E-state index is 12.7. The van der Waals surface area contributed by atoms with Gasteiger partial charge in [-0.2, -0.15) is 4.31 Å². The Labute approximate surface area is 191 Å². The Morgan fingerprint density at radius 2 is 1.87 bits per heavy atom. The number of hydrogen-bond donors (Lipinski definition) is 1. The summed E-state index contributed by atoms with van der Waals surface area (Å²) in [7, 11) is -3.70. The second-order valence-corrected chi connectivity index (χ2v) is 10.6. The molecule has 1 amide bonds. The topological polar surface area (TPSA) is 92.8 Å². The number of ether oxygens (including phenoxy) is 1. The lowest BCUT2D eigenvalue weighted by Crippen LogP contribution is -2.30. The molecular weight excluding hydrogens is 460 g/mol. The third-order valence-corrected chi connectivity index (χ3v) is 8.68. The Hall–Kier alpha value is -1.94. The predicted octanol–water partition coefficient (Wildman–Crippen LogP) is 4.11. The number of carbonyl (C=O) groups is 2. The van der Waals surface area contributed by atoms with Gasteiger partial charge in [-0.3, -0.25) is 4.79 Å². The van der Waals surface area contributed by atoms with Crippen molar-refractivity contribution in [2.75, 3.05) is 25.0 Å². The van der Waals surface area contributed by atoms with Gasteiger partial charge in [-0.05, 0) is 55.5 Å². The minimum absolute atomic E-state index is 0.0251. The van der Waals surface area contributed by atoms with Crippen molar-refractivity contribution in [2.45, 2.75) is 44.4 Å². The normalized spacial score (nSPS) is 13.7. The van der Waals surface area contributed by atoms with Crippen molar-refractivity contribution in [3.63, 3.8) is 0 Å². The van der Waals surface area contributed by atoms with Crippen LogP contribution in [0.1, 0.15) is 46.8 Å². The van der Waals surface area contributed by atoms with Crippen LogP contribution in [0.2, 0.25) is 5.02 Å². The molecule has 0 fully saturated rings. The monoisotopic (exact) mass is 484 g/mol. The number of fused-ring (bicyclic) bond motifs is 1. The van der Waals surface area contributed by atoms with Crippen LogP contribution in [-0.2, 0) is 32.4 Å². The van der Waals surface area contributed by atoms with Gasteiger partial charge in [0.25, 0.3) is 5.91 Å². The highest BCUT2D eigenvalue weighted by atomic mass is 35.5. The number of hydrogen-bond acceptors (Lipinski definition) is 6. The fourth-order valence-electron chi connectivity index (χ4n) is 3.45. The average Bonchev–Trinajstić information content (AvgIpc) is 3.18. The highest BCUT2D eigenvalue weighted by Crippen LogP contribution is 2.30. The van der Waals surface area contributed by atoms with Crippen LogP contribution >= 0.6 is 22.9 Å². The van der Waals surface area contributed by atoms with E-state index in [1.807, 2.05) is 6.07 Å². The number of nitrogens with one attached hydrogen (secondary N) is 1. The molecule has 168 valence electrons. The van der Waals surface area contributed by atoms with Crippen LogP contribution in [0.15, 0.2) is 29.2 Å². The highest BCUT2D eigenvalue weighted by molar-refractivity contribution is 7.89. The van der Waals surface area contributed by atoms with Gasteiger partial charge in [0.05, 0.1) is 15.6 Å². The van der Waals surface area contributed by atoms with Crippen LogP contribution in [-0.4, -0.2) is 44.3 Å². The van der Waals surface area contributed by atoms with E-state index < -0.39 is 28.5 Å². The molecule has 1 heterocycles. The first-order valence-electron chi connectivity index (χ1n) is 10.1. The molecule has 1 aromatic heterocycles. The smallest absolute Gasteiger partial charge is 0.348 e. The Morgan fingerprint density at radius 1 is 1.16 bits per heavy atom. The third-order valence-electron chi connectivity index (χ3n) is 5.09. The summed E-state index contributed by atoms with van der Waals surface area (Å²) in [6.45, 7) is 3.65. The first-order chi connectivity index (χ1) is 14.8. The molecule has 31 heavy (non-hydrogen) atoms. The van der Waals surface area contributed by atoms with Gasteiger partial charge in [-0.15, -0.1) is 11.3 Å². The summed E-state index contributed by atoms with van der Waals surface area (Å²) in [5.41, 5.74) is 1.33. The van der Waals surface area contributed by atoms with E-state index in [0.29, 0.717) is 18.0 Å². The molecule has 0 spiro atoms. The number of benzene rings is 1. The van der Waals surface area contributed by atoms with Gasteiger partial charge < -0.3 is 10.1 Å². The van der Waals surface area contributed by atoms with Crippen molar-refractivity contribution in [1.29, 1.82) is 0 Å². The molecule has 0 aliphatic heterocycles. The van der Waals surface area contributed by atoms with Crippen LogP contribution < -0.4 is 5.32 Å². The van der Waals surface area contributed by atoms with Crippen molar-refractivity contribution in [3.05, 3.63) is 44.6 Å². The fraction of sp³-hybridized carbons (Fsp3) is 0.429. The van der Waals surface area contributed by atoms with Gasteiger partial charge in [-0.25, -0.2) is 13.2 Å². The third kappa shape index (κ3) is 5.46. The van der Waals surface area contributed by atoms with E-state index in [2.05, 4.69) is 5.32 Å². The summed E-state index contributed by atoms with van der Waals surface area (Å²) in [6, 6.07) is 5.96. The molecular formula is C21H25ClN2O5S2. The zero-order valence-electron chi connectivity index (χ0n) is 17.4. The van der Waals surface area contributed by atoms with Crippen LogP contribution in [0.25, 0.3) is 0 Å². The maximum absolute atomic E-state index is 12.7. The first kappa shape index (κ1) is 23.7. The minimum Gasteiger partial charge on any atom is -0.451 e. The molecule has 0 bridgehead atoms. The van der Waals surface area contributed by atoms with Crippen LogP contribution in [0, 0.1) is 0 Å². The Bertz CT molecular complexity index is 1050. The van der Waals surface area contributed by atoms with Crippen molar-refractivity contribution in [3.8, 4) is 0 Å². The number of aryl methyl sites for hydroxylation is 2. The van der Waals surface area contributed by atoms with Gasteiger partial charge in [-0.1, -0.05) is 25.4 Å². The van der Waals surface area contributed by atoms with Crippen molar-refractivity contribution in [1.82, 2.24) is 4.31 Å². The second kappa shape index (κ2) is 10.1. The van der Waals surface area contributed by atoms with Crippen LogP contribution in [0.4, 0.5) is 5.69 Å². The molecule has 7 nitrogen and oxygen atoms in total. The molecule has 1 aliphatic rings. The van der Waals surface area contributed by atoms with E-state index in [-0.39, 0.29) is 15.6 Å². The molecule has 10 heteroatoms. The summed E-state index contributed by atoms with van der Waals surface area (Å²) in [4.78, 5) is 26.3. The molecule has 0 unspecified atom stereocenters. The Morgan fingerprint density at radius 3 is 2.55 bits per heavy atom. The second-order valence-electron chi connectivity index (χ2n) is 7.12. The van der Waals surface area contributed by atoms with E-state index in [4.69, 9.17) is 16.3 Å². The number of amides is 1. The average molecular weight is 485 g/mol. The van der Waals surface area contributed by atoms with Crippen LogP contribution in [0.5, 0.6) is 0 Å². The Kier molecular flexibility index (Phi) is 7.74. The molecule has 1 aromatic carbocycles. The van der Waals surface area contributed by atoms with Gasteiger partial charge >= 0.3 is 5.97 Å². The fourth-order valence-corrected chi connectivity index (χ4v) is 6.25. The van der Waals surface area contributed by atoms with E-state index in [1.54, 1.807) is 13.8 Å². The predicted molar refractivity (Wildman–Crippen MR) is 121 cm³/mol. The number of thiophene rings is 1. The summed E-state index contributed by atoms with van der Waals surface area (Å²) < 4.78 is 31.9. The van der Waals surface area contributed by atoms with Crippen LogP contribution in [0.3, 0.4) is 0 Å². The van der Waals surface area contributed by atoms with E-state index >= 15 is 0 Å². The van der Waals surface area contributed by atoms with E-state index in [9.17, 15) is 18.0 Å². The quantitative estimate of drug-likeness (QED) is 0.569. The summed E-state index contributed by atoms with van der Waals surface area (Å²) in [5.74, 6) is -1.15. The first-order valence-corrected chi connectivity index (χ1v) is 12.8. The van der Waals surface area contributed by atoms with Crippen molar-refractivity contribution < 1.29 is 22.7 Å². The summed E-state index contributed by atoms with van der Waals surface area (Å²) in [6.07, 6.45) is 4.17. The lowest BCUT2D eigenvalue weighted by Gasteiger charge is -2.19. The lowest BCUT2D eigenvalue weighted by molar-refractivity contribution is -0.119. The van der Waals surface area contributed by atoms with E-state index in [0.717, 1.165) is 25.7 Å². The standard InChI is InChI=1S/C21H25ClN2O5S2/c1-3-24(4-2)31(27,28)15-9-10-16(22)17(12-15)23-20(25)13-29-21(26)19-11-14-7-5-6-8-18(14)30-19/h9-12H,3-8,13H2,1-2H3,(H,23,25). The number of halogens is 1. The zero-order valence-corrected chi connectivity index (χ0v) is 19.8. The zero-order chi connectivity index (χ0) is 22.6. The molecule has 1 aliphatic carbocycles. The number of sulfonamides is 1. The van der Waals surface area contributed by atoms with Gasteiger partial charge in [0.1, 0.15) is 4.88 Å². The molecule has 0 saturated heterocycles. The molecule has 0 radical (unpaired) electrons. The van der Waals surface area contributed by atoms with Gasteiger partial charge in [0.2, 0.25) is 10.0 Å². The molecule has 1 N–H and O–H groups in total. The molecule has 0 saturated carbocycles. The number of esters is 1. The van der Waals surface area contributed by atoms with E-state index in [1.165, 1.54) is 44.3 Å². The summed E-state index contributed by atoms with van der Waals surface area (Å²) >= 11 is 7.54. The molecule has 3 rings (SSSR count). The Balaban J connectivity index is 1.65. The number of carbonyl (C=O) groups excluding carboxylic acids is 2. The van der Waals surface area contributed by atoms with Crippen molar-refractivity contribution in [2.24, 2.45) is 0 Å². The minimum atomic E-state index is -3.70. The number of rotatable bonds is 8. The largest absolute Gasteiger partial charge is 0.451 e. The number of nitrogens with zero attached hydrogens (tertiary/aromatic N) is 1. The molecule has 0 atom stereocenters. The van der Waals surface area contributed by atoms with Gasteiger partial charge in [0.15, 0.2) is 6.61 Å². The van der Waals surface area contributed by atoms with Crippen molar-refractivity contribution >= 4 is 50.5 Å². The lowest BCUT2D eigenvalue weighted by atomic mass is 9.99. The van der Waals surface area contributed by atoms with Gasteiger partial charge in [0, 0.05) is 18.0 Å².